The lowest BCUT2D eigenvalue weighted by molar-refractivity contribution is -0.385. The van der Waals surface area contributed by atoms with Crippen molar-refractivity contribution in [2.24, 2.45) is 0 Å². The van der Waals surface area contributed by atoms with Crippen molar-refractivity contribution in [3.05, 3.63) is 22.0 Å². The summed E-state index contributed by atoms with van der Waals surface area (Å²) < 4.78 is 1.40. The molecule has 1 aromatic heterocycles. The number of piperidine rings is 1. The van der Waals surface area contributed by atoms with E-state index in [0.717, 1.165) is 25.8 Å². The van der Waals surface area contributed by atoms with Crippen LogP contribution in [0.15, 0.2) is 6.20 Å². The van der Waals surface area contributed by atoms with Gasteiger partial charge in [0.05, 0.1) is 4.92 Å². The van der Waals surface area contributed by atoms with Crippen LogP contribution in [0, 0.1) is 17.0 Å². The van der Waals surface area contributed by atoms with E-state index in [1.54, 1.807) is 13.8 Å². The Bertz CT molecular complexity index is 526. The van der Waals surface area contributed by atoms with E-state index in [2.05, 4.69) is 5.10 Å². The van der Waals surface area contributed by atoms with Crippen LogP contribution in [0.5, 0.6) is 0 Å². The number of aromatic nitrogens is 2. The van der Waals surface area contributed by atoms with Crippen molar-refractivity contribution >= 4 is 11.6 Å². The molecule has 2 rings (SSSR count). The monoisotopic (exact) mass is 280 g/mol. The highest BCUT2D eigenvalue weighted by Crippen LogP contribution is 2.23. The molecule has 110 valence electrons. The van der Waals surface area contributed by atoms with E-state index < -0.39 is 11.0 Å². The van der Waals surface area contributed by atoms with Gasteiger partial charge in [0, 0.05) is 12.6 Å². The van der Waals surface area contributed by atoms with Crippen LogP contribution < -0.4 is 0 Å². The van der Waals surface area contributed by atoms with E-state index in [0.29, 0.717) is 5.69 Å². The maximum absolute atomic E-state index is 12.5. The van der Waals surface area contributed by atoms with Crippen molar-refractivity contribution in [1.29, 1.82) is 0 Å². The summed E-state index contributed by atoms with van der Waals surface area (Å²) >= 11 is 0. The Balaban J connectivity index is 2.18. The molecule has 7 nitrogen and oxygen atoms in total. The molecule has 1 saturated heterocycles. The van der Waals surface area contributed by atoms with Crippen LogP contribution in [0.4, 0.5) is 5.69 Å². The van der Waals surface area contributed by atoms with Crippen molar-refractivity contribution in [3.8, 4) is 0 Å². The topological polar surface area (TPSA) is 81.3 Å². The fourth-order valence-corrected chi connectivity index (χ4v) is 2.63. The molecule has 0 aliphatic carbocycles. The van der Waals surface area contributed by atoms with E-state index in [1.807, 2.05) is 11.8 Å². The number of rotatable bonds is 3. The number of hydrogen-bond acceptors (Lipinski definition) is 4. The first-order chi connectivity index (χ1) is 9.41. The Hall–Kier alpha value is -1.92. The summed E-state index contributed by atoms with van der Waals surface area (Å²) in [5.74, 6) is -0.0189. The minimum absolute atomic E-state index is 0.0189. The van der Waals surface area contributed by atoms with E-state index >= 15 is 0 Å². The second-order valence-electron chi connectivity index (χ2n) is 5.39. The van der Waals surface area contributed by atoms with Gasteiger partial charge in [0.1, 0.15) is 17.9 Å². The highest BCUT2D eigenvalue weighted by atomic mass is 16.6. The van der Waals surface area contributed by atoms with Gasteiger partial charge < -0.3 is 4.90 Å². The number of likely N-dealkylation sites (tertiary alicyclic amines) is 1. The van der Waals surface area contributed by atoms with E-state index in [1.165, 1.54) is 10.9 Å². The van der Waals surface area contributed by atoms with Crippen molar-refractivity contribution in [2.45, 2.75) is 52.1 Å². The lowest BCUT2D eigenvalue weighted by Gasteiger charge is -2.35. The molecule has 0 aromatic carbocycles. The van der Waals surface area contributed by atoms with Crippen LogP contribution in [-0.2, 0) is 4.79 Å². The molecule has 0 radical (unpaired) electrons. The molecular formula is C13H20N4O3. The van der Waals surface area contributed by atoms with Gasteiger partial charge in [-0.2, -0.15) is 5.10 Å². The van der Waals surface area contributed by atoms with Gasteiger partial charge in [-0.3, -0.25) is 19.6 Å². The molecule has 0 N–H and O–H groups in total. The Morgan fingerprint density at radius 3 is 2.80 bits per heavy atom. The first-order valence-electron chi connectivity index (χ1n) is 6.92. The SMILES string of the molecule is Cc1nn([C@H](C)C(=O)N2CCCC[C@H]2C)cc1[N+](=O)[O-]. The molecule has 1 aromatic rings. The molecule has 1 fully saturated rings. The molecule has 0 saturated carbocycles. The van der Waals surface area contributed by atoms with Gasteiger partial charge in [0.25, 0.3) is 0 Å². The number of hydrogen-bond donors (Lipinski definition) is 0. The third-order valence-corrected chi connectivity index (χ3v) is 3.93. The summed E-state index contributed by atoms with van der Waals surface area (Å²) in [7, 11) is 0. The first kappa shape index (κ1) is 14.5. The van der Waals surface area contributed by atoms with E-state index in [-0.39, 0.29) is 17.6 Å². The molecule has 1 aliphatic rings. The van der Waals surface area contributed by atoms with Gasteiger partial charge in [-0.25, -0.2) is 0 Å². The highest BCUT2D eigenvalue weighted by Gasteiger charge is 2.29. The Kier molecular flexibility index (Phi) is 4.06. The minimum Gasteiger partial charge on any atom is -0.338 e. The van der Waals surface area contributed by atoms with Crippen LogP contribution in [-0.4, -0.2) is 38.1 Å². The predicted octanol–water partition coefficient (Wildman–Crippen LogP) is 2.06. The molecule has 20 heavy (non-hydrogen) atoms. The summed E-state index contributed by atoms with van der Waals surface area (Å²) in [5, 5.41) is 14.9. The second kappa shape index (κ2) is 5.60. The van der Waals surface area contributed by atoms with Gasteiger partial charge in [0.15, 0.2) is 0 Å². The van der Waals surface area contributed by atoms with Crippen molar-refractivity contribution in [3.63, 3.8) is 0 Å². The zero-order valence-electron chi connectivity index (χ0n) is 12.1. The van der Waals surface area contributed by atoms with Crippen molar-refractivity contribution < 1.29 is 9.72 Å². The Morgan fingerprint density at radius 1 is 1.55 bits per heavy atom. The van der Waals surface area contributed by atoms with Gasteiger partial charge in [0.2, 0.25) is 5.91 Å². The predicted molar refractivity (Wildman–Crippen MR) is 73.4 cm³/mol. The summed E-state index contributed by atoms with van der Waals surface area (Å²) in [5.41, 5.74) is 0.290. The highest BCUT2D eigenvalue weighted by molar-refractivity contribution is 5.80. The van der Waals surface area contributed by atoms with Crippen LogP contribution in [0.2, 0.25) is 0 Å². The number of amides is 1. The maximum atomic E-state index is 12.5. The lowest BCUT2D eigenvalue weighted by Crippen LogP contribution is -2.45. The molecule has 0 spiro atoms. The number of carbonyl (C=O) groups is 1. The maximum Gasteiger partial charge on any atom is 0.309 e. The van der Waals surface area contributed by atoms with Crippen LogP contribution in [0.3, 0.4) is 0 Å². The van der Waals surface area contributed by atoms with Crippen LogP contribution >= 0.6 is 0 Å². The first-order valence-corrected chi connectivity index (χ1v) is 6.92. The number of carbonyl (C=O) groups excluding carboxylic acids is 1. The average molecular weight is 280 g/mol. The van der Waals surface area contributed by atoms with Crippen molar-refractivity contribution in [1.82, 2.24) is 14.7 Å². The number of nitrogens with zero attached hydrogens (tertiary/aromatic N) is 4. The van der Waals surface area contributed by atoms with Gasteiger partial charge in [-0.05, 0) is 40.0 Å². The Morgan fingerprint density at radius 2 is 2.25 bits per heavy atom. The summed E-state index contributed by atoms with van der Waals surface area (Å²) in [4.78, 5) is 24.7. The van der Waals surface area contributed by atoms with Gasteiger partial charge in [-0.15, -0.1) is 0 Å². The lowest BCUT2D eigenvalue weighted by atomic mass is 10.0. The standard InChI is InChI=1S/C13H20N4O3/c1-9-6-4-5-7-15(9)13(18)11(3)16-8-12(17(19)20)10(2)14-16/h8-9,11H,4-7H2,1-3H3/t9-,11-/m1/s1. The summed E-state index contributed by atoms with van der Waals surface area (Å²) in [6, 6.07) is -0.284. The quantitative estimate of drug-likeness (QED) is 0.627. The molecular weight excluding hydrogens is 260 g/mol. The third kappa shape index (κ3) is 2.66. The number of aryl methyl sites for hydroxylation is 1. The third-order valence-electron chi connectivity index (χ3n) is 3.93. The van der Waals surface area contributed by atoms with Crippen LogP contribution in [0.25, 0.3) is 0 Å². The smallest absolute Gasteiger partial charge is 0.309 e. The van der Waals surface area contributed by atoms with Crippen LogP contribution in [0.1, 0.15) is 44.8 Å². The molecule has 2 atom stereocenters. The van der Waals surface area contributed by atoms with Crippen molar-refractivity contribution in [2.75, 3.05) is 6.54 Å². The second-order valence-corrected chi connectivity index (χ2v) is 5.39. The molecule has 0 unspecified atom stereocenters. The van der Waals surface area contributed by atoms with Gasteiger partial charge in [-0.1, -0.05) is 0 Å². The van der Waals surface area contributed by atoms with Gasteiger partial charge >= 0.3 is 5.69 Å². The zero-order chi connectivity index (χ0) is 14.9. The molecule has 1 aliphatic heterocycles. The molecule has 0 bridgehead atoms. The zero-order valence-corrected chi connectivity index (χ0v) is 12.1. The fourth-order valence-electron chi connectivity index (χ4n) is 2.63. The normalized spacial score (nSPS) is 20.8. The summed E-state index contributed by atoms with van der Waals surface area (Å²) in [6.07, 6.45) is 4.51. The largest absolute Gasteiger partial charge is 0.338 e. The molecule has 7 heteroatoms. The summed E-state index contributed by atoms with van der Waals surface area (Å²) in [6.45, 7) is 6.11. The number of nitro groups is 1. The Labute approximate surface area is 117 Å². The molecule has 1 amide bonds. The fraction of sp³-hybridized carbons (Fsp3) is 0.692. The molecule has 2 heterocycles. The van der Waals surface area contributed by atoms with E-state index in [4.69, 9.17) is 0 Å². The minimum atomic E-state index is -0.511. The van der Waals surface area contributed by atoms with E-state index in [9.17, 15) is 14.9 Å². The average Bonchev–Trinajstić information content (AvgIpc) is 2.80.